The monoisotopic (exact) mass is 521 g/mol. The molecule has 0 spiro atoms. The van der Waals surface area contributed by atoms with Crippen LogP contribution < -0.4 is 11.1 Å². The molecule has 198 valence electrons. The van der Waals surface area contributed by atoms with Crippen LogP contribution in [0.3, 0.4) is 0 Å². The van der Waals surface area contributed by atoms with E-state index in [0.717, 1.165) is 28.8 Å². The molecule has 3 aromatic rings. The number of esters is 1. The SMILES string of the molecule is CCCN(CCC)C(=O)c1cc(C)cc(C(=O)O[C@H](CNCc2ccccc2)[C@H](N)Cc2cccs2)c1. The van der Waals surface area contributed by atoms with E-state index in [-0.39, 0.29) is 11.9 Å². The number of carbonyl (C=O) groups is 2. The van der Waals surface area contributed by atoms with E-state index >= 15 is 0 Å². The average Bonchev–Trinajstić information content (AvgIpc) is 3.40. The van der Waals surface area contributed by atoms with Crippen LogP contribution in [-0.4, -0.2) is 48.6 Å². The number of hydrogen-bond acceptors (Lipinski definition) is 6. The highest BCUT2D eigenvalue weighted by Crippen LogP contribution is 2.17. The summed E-state index contributed by atoms with van der Waals surface area (Å²) in [5, 5.41) is 5.40. The summed E-state index contributed by atoms with van der Waals surface area (Å²) >= 11 is 1.64. The van der Waals surface area contributed by atoms with Crippen molar-refractivity contribution >= 4 is 23.2 Å². The van der Waals surface area contributed by atoms with Crippen LogP contribution in [0.2, 0.25) is 0 Å². The fraction of sp³-hybridized carbons (Fsp3) is 0.400. The van der Waals surface area contributed by atoms with Gasteiger partial charge in [-0.15, -0.1) is 11.3 Å². The Kier molecular flexibility index (Phi) is 11.3. The van der Waals surface area contributed by atoms with Crippen molar-refractivity contribution in [3.8, 4) is 0 Å². The number of carbonyl (C=O) groups excluding carboxylic acids is 2. The molecular weight excluding hydrogens is 482 g/mol. The minimum Gasteiger partial charge on any atom is -0.456 e. The van der Waals surface area contributed by atoms with Crippen molar-refractivity contribution in [2.45, 2.75) is 58.7 Å². The van der Waals surface area contributed by atoms with Gasteiger partial charge in [-0.05, 0) is 60.5 Å². The topological polar surface area (TPSA) is 84.7 Å². The molecule has 0 aliphatic heterocycles. The van der Waals surface area contributed by atoms with E-state index in [1.54, 1.807) is 23.5 Å². The van der Waals surface area contributed by atoms with Gasteiger partial charge in [0.05, 0.1) is 5.56 Å². The third-order valence-electron chi connectivity index (χ3n) is 6.10. The molecule has 6 nitrogen and oxygen atoms in total. The summed E-state index contributed by atoms with van der Waals surface area (Å²) in [6.45, 7) is 8.44. The summed E-state index contributed by atoms with van der Waals surface area (Å²) in [5.41, 5.74) is 9.42. The van der Waals surface area contributed by atoms with Gasteiger partial charge in [0, 0.05) is 49.1 Å². The van der Waals surface area contributed by atoms with Gasteiger partial charge < -0.3 is 20.7 Å². The highest BCUT2D eigenvalue weighted by atomic mass is 32.1. The highest BCUT2D eigenvalue weighted by Gasteiger charge is 2.25. The van der Waals surface area contributed by atoms with Crippen molar-refractivity contribution in [2.24, 2.45) is 5.73 Å². The molecule has 0 fully saturated rings. The van der Waals surface area contributed by atoms with Crippen molar-refractivity contribution in [3.05, 3.63) is 93.2 Å². The molecule has 1 aromatic heterocycles. The van der Waals surface area contributed by atoms with Crippen molar-refractivity contribution in [2.75, 3.05) is 19.6 Å². The van der Waals surface area contributed by atoms with E-state index in [0.29, 0.717) is 43.7 Å². The molecule has 0 aliphatic carbocycles. The van der Waals surface area contributed by atoms with Gasteiger partial charge in [-0.25, -0.2) is 4.79 Å². The summed E-state index contributed by atoms with van der Waals surface area (Å²) in [7, 11) is 0. The van der Waals surface area contributed by atoms with Crippen LogP contribution >= 0.6 is 11.3 Å². The number of rotatable bonds is 14. The number of aryl methyl sites for hydroxylation is 1. The number of amides is 1. The van der Waals surface area contributed by atoms with E-state index in [4.69, 9.17) is 10.5 Å². The summed E-state index contributed by atoms with van der Waals surface area (Å²) in [4.78, 5) is 29.5. The fourth-order valence-electron chi connectivity index (χ4n) is 4.29. The number of ether oxygens (including phenoxy) is 1. The molecule has 0 radical (unpaired) electrons. The zero-order chi connectivity index (χ0) is 26.6. The molecule has 0 bridgehead atoms. The van der Waals surface area contributed by atoms with Crippen LogP contribution in [-0.2, 0) is 17.7 Å². The molecule has 3 rings (SSSR count). The molecule has 0 saturated heterocycles. The van der Waals surface area contributed by atoms with Crippen molar-refractivity contribution in [3.63, 3.8) is 0 Å². The second kappa shape index (κ2) is 14.7. The first-order valence-corrected chi connectivity index (χ1v) is 13.9. The predicted octanol–water partition coefficient (Wildman–Crippen LogP) is 5.20. The zero-order valence-electron chi connectivity index (χ0n) is 22.1. The Balaban J connectivity index is 1.75. The molecule has 2 atom stereocenters. The van der Waals surface area contributed by atoms with Gasteiger partial charge in [0.1, 0.15) is 6.10 Å². The fourth-order valence-corrected chi connectivity index (χ4v) is 5.07. The molecule has 37 heavy (non-hydrogen) atoms. The average molecular weight is 522 g/mol. The Morgan fingerprint density at radius 1 is 1.00 bits per heavy atom. The first kappa shape index (κ1) is 28.6. The Hall–Kier alpha value is -3.00. The van der Waals surface area contributed by atoms with Crippen LogP contribution in [0, 0.1) is 6.92 Å². The van der Waals surface area contributed by atoms with Crippen LogP contribution in [0.1, 0.15) is 63.4 Å². The molecular formula is C30H39N3O3S. The maximum Gasteiger partial charge on any atom is 0.338 e. The Bertz CT molecular complexity index is 1110. The maximum atomic E-state index is 13.3. The molecule has 1 heterocycles. The predicted molar refractivity (Wildman–Crippen MR) is 151 cm³/mol. The third-order valence-corrected chi connectivity index (χ3v) is 7.00. The van der Waals surface area contributed by atoms with Gasteiger partial charge in [-0.1, -0.05) is 50.2 Å². The molecule has 7 heteroatoms. The first-order chi connectivity index (χ1) is 17.9. The van der Waals surface area contributed by atoms with Gasteiger partial charge in [0.25, 0.3) is 5.91 Å². The molecule has 0 saturated carbocycles. The lowest BCUT2D eigenvalue weighted by Crippen LogP contribution is -2.45. The van der Waals surface area contributed by atoms with Crippen molar-refractivity contribution < 1.29 is 14.3 Å². The summed E-state index contributed by atoms with van der Waals surface area (Å²) in [6.07, 6.45) is 1.84. The minimum absolute atomic E-state index is 0.0584. The number of nitrogens with zero attached hydrogens (tertiary/aromatic N) is 1. The number of hydrogen-bond donors (Lipinski definition) is 2. The van der Waals surface area contributed by atoms with Crippen LogP contribution in [0.4, 0.5) is 0 Å². The Morgan fingerprint density at radius 3 is 2.35 bits per heavy atom. The minimum atomic E-state index is -0.533. The molecule has 3 N–H and O–H groups in total. The standard InChI is InChI=1S/C30H39N3O3S/c1-4-13-33(14-5-2)29(34)24-16-22(3)17-25(18-24)30(35)36-28(27(31)19-26-12-9-15-37-26)21-32-20-23-10-7-6-8-11-23/h6-12,15-18,27-28,32H,4-5,13-14,19-21,31H2,1-3H3/t27-,28-/m1/s1. The quantitative estimate of drug-likeness (QED) is 0.285. The summed E-state index contributed by atoms with van der Waals surface area (Å²) < 4.78 is 5.98. The van der Waals surface area contributed by atoms with Gasteiger partial charge in [-0.2, -0.15) is 0 Å². The molecule has 0 unspecified atom stereocenters. The maximum absolute atomic E-state index is 13.3. The number of nitrogens with one attached hydrogen (secondary N) is 1. The number of benzene rings is 2. The number of thiophene rings is 1. The second-order valence-electron chi connectivity index (χ2n) is 9.39. The molecule has 1 amide bonds. The van der Waals surface area contributed by atoms with E-state index < -0.39 is 12.1 Å². The van der Waals surface area contributed by atoms with Crippen LogP contribution in [0.25, 0.3) is 0 Å². The zero-order valence-corrected chi connectivity index (χ0v) is 22.9. The lowest BCUT2D eigenvalue weighted by molar-refractivity contribution is 0.0239. The van der Waals surface area contributed by atoms with Crippen LogP contribution in [0.5, 0.6) is 0 Å². The third kappa shape index (κ3) is 8.81. The van der Waals surface area contributed by atoms with E-state index in [1.165, 1.54) is 0 Å². The van der Waals surface area contributed by atoms with Crippen molar-refractivity contribution in [1.29, 1.82) is 0 Å². The molecule has 0 aliphatic rings. The van der Waals surface area contributed by atoms with E-state index in [1.807, 2.05) is 65.7 Å². The Morgan fingerprint density at radius 2 is 1.70 bits per heavy atom. The van der Waals surface area contributed by atoms with Crippen molar-refractivity contribution in [1.82, 2.24) is 10.2 Å². The molecule has 2 aromatic carbocycles. The summed E-state index contributed by atoms with van der Waals surface area (Å²) in [5.74, 6) is -0.527. The van der Waals surface area contributed by atoms with E-state index in [2.05, 4.69) is 19.2 Å². The van der Waals surface area contributed by atoms with Gasteiger partial charge in [0.15, 0.2) is 0 Å². The van der Waals surface area contributed by atoms with Gasteiger partial charge >= 0.3 is 5.97 Å². The lowest BCUT2D eigenvalue weighted by atomic mass is 10.0. The largest absolute Gasteiger partial charge is 0.456 e. The van der Waals surface area contributed by atoms with Gasteiger partial charge in [0.2, 0.25) is 0 Å². The first-order valence-electron chi connectivity index (χ1n) is 13.1. The normalized spacial score (nSPS) is 12.6. The lowest BCUT2D eigenvalue weighted by Gasteiger charge is -2.25. The van der Waals surface area contributed by atoms with Gasteiger partial charge in [-0.3, -0.25) is 4.79 Å². The smallest absolute Gasteiger partial charge is 0.338 e. The van der Waals surface area contributed by atoms with Crippen LogP contribution in [0.15, 0.2) is 66.0 Å². The highest BCUT2D eigenvalue weighted by molar-refractivity contribution is 7.09. The number of nitrogens with two attached hydrogens (primary N) is 1. The Labute approximate surface area is 224 Å². The van der Waals surface area contributed by atoms with E-state index in [9.17, 15) is 9.59 Å². The summed E-state index contributed by atoms with van der Waals surface area (Å²) in [6, 6.07) is 19.0. The second-order valence-corrected chi connectivity index (χ2v) is 10.4.